The van der Waals surface area contributed by atoms with E-state index in [2.05, 4.69) is 40.6 Å². The van der Waals surface area contributed by atoms with Crippen molar-refractivity contribution in [2.24, 2.45) is 0 Å². The Labute approximate surface area is 148 Å². The van der Waals surface area contributed by atoms with Crippen molar-refractivity contribution in [3.05, 3.63) is 60.3 Å². The molecule has 0 radical (unpaired) electrons. The molecule has 3 aromatic rings. The van der Waals surface area contributed by atoms with Gasteiger partial charge in [0.05, 0.1) is 13.2 Å². The van der Waals surface area contributed by atoms with Crippen LogP contribution in [0, 0.1) is 0 Å². The van der Waals surface area contributed by atoms with Crippen LogP contribution in [-0.2, 0) is 6.42 Å². The zero-order chi connectivity index (χ0) is 17.6. The molecule has 0 fully saturated rings. The number of ether oxygens (including phenoxy) is 2. The van der Waals surface area contributed by atoms with Crippen molar-refractivity contribution < 1.29 is 9.47 Å². The van der Waals surface area contributed by atoms with Crippen molar-refractivity contribution in [2.45, 2.75) is 26.4 Å². The first kappa shape index (κ1) is 17.1. The second kappa shape index (κ2) is 7.88. The molecule has 4 heteroatoms. The van der Waals surface area contributed by atoms with Crippen molar-refractivity contribution in [1.82, 2.24) is 4.98 Å². The standard InChI is InChI=1S/C21H24N2O2/c1-15(2)25-21-20-14-18(7-6-17(20)11-13-23-21)22-12-10-16-4-8-19(24-3)9-5-16/h4-9,11,13-15,22H,10,12H2,1-3H3. The summed E-state index contributed by atoms with van der Waals surface area (Å²) in [6.45, 7) is 4.88. The largest absolute Gasteiger partial charge is 0.497 e. The fraction of sp³-hybridized carbons (Fsp3) is 0.286. The summed E-state index contributed by atoms with van der Waals surface area (Å²) in [6, 6.07) is 16.5. The van der Waals surface area contributed by atoms with E-state index in [4.69, 9.17) is 9.47 Å². The van der Waals surface area contributed by atoms with E-state index in [9.17, 15) is 0 Å². The maximum atomic E-state index is 5.83. The predicted octanol–water partition coefficient (Wildman–Crippen LogP) is 4.69. The van der Waals surface area contributed by atoms with Crippen molar-refractivity contribution in [1.29, 1.82) is 0 Å². The summed E-state index contributed by atoms with van der Waals surface area (Å²) in [7, 11) is 1.68. The van der Waals surface area contributed by atoms with Gasteiger partial charge in [-0.2, -0.15) is 0 Å². The van der Waals surface area contributed by atoms with E-state index in [1.807, 2.05) is 32.0 Å². The van der Waals surface area contributed by atoms with Gasteiger partial charge >= 0.3 is 0 Å². The van der Waals surface area contributed by atoms with Crippen molar-refractivity contribution in [3.63, 3.8) is 0 Å². The molecule has 0 aliphatic heterocycles. The first-order chi connectivity index (χ1) is 12.2. The third kappa shape index (κ3) is 4.41. The smallest absolute Gasteiger partial charge is 0.221 e. The van der Waals surface area contributed by atoms with Crippen molar-refractivity contribution in [2.75, 3.05) is 19.0 Å². The van der Waals surface area contributed by atoms with Crippen LogP contribution in [0.4, 0.5) is 5.69 Å². The van der Waals surface area contributed by atoms with E-state index in [0.717, 1.165) is 35.2 Å². The van der Waals surface area contributed by atoms with Crippen LogP contribution in [0.3, 0.4) is 0 Å². The van der Waals surface area contributed by atoms with Gasteiger partial charge in [-0.05, 0) is 61.5 Å². The SMILES string of the molecule is COc1ccc(CCNc2ccc3ccnc(OC(C)C)c3c2)cc1. The Kier molecular flexibility index (Phi) is 5.39. The molecule has 2 aromatic carbocycles. The number of methoxy groups -OCH3 is 1. The summed E-state index contributed by atoms with van der Waals surface area (Å²) in [6.07, 6.45) is 2.84. The third-order valence-corrected chi connectivity index (χ3v) is 3.98. The first-order valence-corrected chi connectivity index (χ1v) is 8.58. The normalized spacial score (nSPS) is 10.9. The quantitative estimate of drug-likeness (QED) is 0.680. The Morgan fingerprint density at radius 1 is 1.04 bits per heavy atom. The molecule has 0 aliphatic rings. The van der Waals surface area contributed by atoms with Gasteiger partial charge in [0, 0.05) is 23.8 Å². The summed E-state index contributed by atoms with van der Waals surface area (Å²) in [5.41, 5.74) is 2.35. The number of anilines is 1. The van der Waals surface area contributed by atoms with Crippen molar-refractivity contribution >= 4 is 16.5 Å². The minimum absolute atomic E-state index is 0.102. The Morgan fingerprint density at radius 2 is 1.84 bits per heavy atom. The molecule has 0 saturated heterocycles. The number of pyridine rings is 1. The highest BCUT2D eigenvalue weighted by Crippen LogP contribution is 2.27. The second-order valence-corrected chi connectivity index (χ2v) is 6.24. The fourth-order valence-electron chi connectivity index (χ4n) is 2.71. The van der Waals surface area contributed by atoms with Crippen LogP contribution in [0.15, 0.2) is 54.7 Å². The molecular formula is C21H24N2O2. The van der Waals surface area contributed by atoms with E-state index < -0.39 is 0 Å². The van der Waals surface area contributed by atoms with Crippen LogP contribution in [0.2, 0.25) is 0 Å². The van der Waals surface area contributed by atoms with Gasteiger partial charge in [-0.3, -0.25) is 0 Å². The average molecular weight is 336 g/mol. The lowest BCUT2D eigenvalue weighted by Crippen LogP contribution is -2.08. The molecule has 0 amide bonds. The highest BCUT2D eigenvalue weighted by Gasteiger charge is 2.06. The molecule has 25 heavy (non-hydrogen) atoms. The molecular weight excluding hydrogens is 312 g/mol. The zero-order valence-electron chi connectivity index (χ0n) is 15.0. The monoisotopic (exact) mass is 336 g/mol. The van der Waals surface area contributed by atoms with E-state index in [-0.39, 0.29) is 6.10 Å². The fourth-order valence-corrected chi connectivity index (χ4v) is 2.71. The highest BCUT2D eigenvalue weighted by molar-refractivity contribution is 5.89. The summed E-state index contributed by atoms with van der Waals surface area (Å²) in [4.78, 5) is 4.37. The summed E-state index contributed by atoms with van der Waals surface area (Å²) in [5, 5.41) is 5.64. The highest BCUT2D eigenvalue weighted by atomic mass is 16.5. The summed E-state index contributed by atoms with van der Waals surface area (Å²) >= 11 is 0. The molecule has 130 valence electrons. The molecule has 0 bridgehead atoms. The number of benzene rings is 2. The second-order valence-electron chi connectivity index (χ2n) is 6.24. The van der Waals surface area contributed by atoms with E-state index in [1.54, 1.807) is 13.3 Å². The first-order valence-electron chi connectivity index (χ1n) is 8.58. The van der Waals surface area contributed by atoms with Gasteiger partial charge in [0.2, 0.25) is 5.88 Å². The molecule has 0 unspecified atom stereocenters. The van der Waals surface area contributed by atoms with Gasteiger partial charge in [0.25, 0.3) is 0 Å². The van der Waals surface area contributed by atoms with Gasteiger partial charge in [-0.1, -0.05) is 18.2 Å². The van der Waals surface area contributed by atoms with Crippen LogP contribution in [-0.4, -0.2) is 24.7 Å². The number of nitrogens with one attached hydrogen (secondary N) is 1. The predicted molar refractivity (Wildman–Crippen MR) is 103 cm³/mol. The number of aromatic nitrogens is 1. The third-order valence-electron chi connectivity index (χ3n) is 3.98. The molecule has 4 nitrogen and oxygen atoms in total. The van der Waals surface area contributed by atoms with Crippen LogP contribution in [0.25, 0.3) is 10.8 Å². The van der Waals surface area contributed by atoms with E-state index in [0.29, 0.717) is 5.88 Å². The lowest BCUT2D eigenvalue weighted by molar-refractivity contribution is 0.236. The number of hydrogen-bond acceptors (Lipinski definition) is 4. The van der Waals surface area contributed by atoms with Crippen LogP contribution >= 0.6 is 0 Å². The molecule has 3 rings (SSSR count). The Balaban J connectivity index is 1.68. The van der Waals surface area contributed by atoms with Gasteiger partial charge in [0.15, 0.2) is 0 Å². The van der Waals surface area contributed by atoms with Crippen LogP contribution in [0.5, 0.6) is 11.6 Å². The van der Waals surface area contributed by atoms with Crippen molar-refractivity contribution in [3.8, 4) is 11.6 Å². The van der Waals surface area contributed by atoms with E-state index in [1.165, 1.54) is 5.56 Å². The lowest BCUT2D eigenvalue weighted by atomic mass is 10.1. The number of fused-ring (bicyclic) bond motifs is 1. The molecule has 1 heterocycles. The summed E-state index contributed by atoms with van der Waals surface area (Å²) in [5.74, 6) is 1.57. The summed E-state index contributed by atoms with van der Waals surface area (Å²) < 4.78 is 11.0. The number of hydrogen-bond donors (Lipinski definition) is 1. The number of rotatable bonds is 7. The Hall–Kier alpha value is -2.75. The molecule has 1 N–H and O–H groups in total. The topological polar surface area (TPSA) is 43.4 Å². The zero-order valence-corrected chi connectivity index (χ0v) is 15.0. The van der Waals surface area contributed by atoms with Gasteiger partial charge < -0.3 is 14.8 Å². The van der Waals surface area contributed by atoms with Gasteiger partial charge in [0.1, 0.15) is 5.75 Å². The molecule has 0 saturated carbocycles. The molecule has 0 spiro atoms. The van der Waals surface area contributed by atoms with Gasteiger partial charge in [-0.15, -0.1) is 0 Å². The molecule has 0 aliphatic carbocycles. The molecule has 1 aromatic heterocycles. The van der Waals surface area contributed by atoms with E-state index >= 15 is 0 Å². The number of nitrogens with zero attached hydrogens (tertiary/aromatic N) is 1. The average Bonchev–Trinajstić information content (AvgIpc) is 2.62. The molecule has 0 atom stereocenters. The maximum Gasteiger partial charge on any atom is 0.221 e. The van der Waals surface area contributed by atoms with Crippen LogP contribution < -0.4 is 14.8 Å². The minimum atomic E-state index is 0.102. The Bertz CT molecular complexity index is 829. The minimum Gasteiger partial charge on any atom is -0.497 e. The lowest BCUT2D eigenvalue weighted by Gasteiger charge is -2.13. The maximum absolute atomic E-state index is 5.83. The van der Waals surface area contributed by atoms with Crippen LogP contribution in [0.1, 0.15) is 19.4 Å². The Morgan fingerprint density at radius 3 is 2.56 bits per heavy atom. The van der Waals surface area contributed by atoms with Gasteiger partial charge in [-0.25, -0.2) is 4.98 Å².